The van der Waals surface area contributed by atoms with E-state index in [2.05, 4.69) is 62.4 Å². The highest BCUT2D eigenvalue weighted by Crippen LogP contribution is 2.69. The fourth-order valence-electron chi connectivity index (χ4n) is 9.11. The lowest BCUT2D eigenvalue weighted by Gasteiger charge is -2.70. The van der Waals surface area contributed by atoms with Gasteiger partial charge in [-0.25, -0.2) is 0 Å². The summed E-state index contributed by atoms with van der Waals surface area (Å²) in [7, 11) is 0. The SMILES string of the molecule is CC1CCC2C(C)(C)C(=NO)C(Sc3ccccc3)CC23OC2C(CC13C)C(O)CC1C(=O)NCC12. The Bertz CT molecular complexity index is 1060. The van der Waals surface area contributed by atoms with E-state index in [-0.39, 0.29) is 51.8 Å². The fourth-order valence-corrected chi connectivity index (χ4v) is 10.5. The third-order valence-corrected chi connectivity index (χ3v) is 12.4. The molecule has 3 saturated carbocycles. The Labute approximate surface area is 218 Å². The van der Waals surface area contributed by atoms with Gasteiger partial charge in [0.05, 0.1) is 28.8 Å². The first-order chi connectivity index (χ1) is 17.1. The van der Waals surface area contributed by atoms with Crippen LogP contribution in [-0.2, 0) is 9.53 Å². The van der Waals surface area contributed by atoms with Gasteiger partial charge in [-0.1, -0.05) is 51.0 Å². The number of carbonyl (C=O) groups excluding carboxylic acids is 1. The van der Waals surface area contributed by atoms with Crippen LogP contribution < -0.4 is 5.32 Å². The number of hydrogen-bond acceptors (Lipinski definition) is 6. The Morgan fingerprint density at radius 2 is 1.86 bits per heavy atom. The number of nitrogens with one attached hydrogen (secondary N) is 1. The van der Waals surface area contributed by atoms with Crippen molar-refractivity contribution in [1.29, 1.82) is 0 Å². The molecule has 1 spiro atoms. The quantitative estimate of drug-likeness (QED) is 0.394. The summed E-state index contributed by atoms with van der Waals surface area (Å²) in [6.45, 7) is 9.87. The number of aliphatic hydroxyl groups excluding tert-OH is 1. The van der Waals surface area contributed by atoms with Crippen molar-refractivity contribution in [3.05, 3.63) is 30.3 Å². The molecule has 0 bridgehead atoms. The minimum absolute atomic E-state index is 0.0162. The van der Waals surface area contributed by atoms with Gasteiger partial charge in [-0.2, -0.15) is 0 Å². The fraction of sp³-hybridized carbons (Fsp3) is 0.724. The Balaban J connectivity index is 1.46. The molecule has 6 nitrogen and oxygen atoms in total. The molecular weight excluding hydrogens is 472 g/mol. The van der Waals surface area contributed by atoms with E-state index >= 15 is 0 Å². The standard InChI is InChI=1S/C29H40N2O4S/c1-16-10-11-23-27(2,3)25(31-34)22(36-17-8-6-5-7-9-17)14-29(23)28(16,4)13-19-21(32)12-18-20(24(19)35-29)15-30-26(18)33/h5-9,16,18-24,32,34H,10-15H2,1-4H3,(H,30,33). The number of thioether (sulfide) groups is 1. The molecule has 6 rings (SSSR count). The number of carbonyl (C=O) groups is 1. The number of nitrogens with zero attached hydrogens (tertiary/aromatic N) is 1. The third kappa shape index (κ3) is 3.31. The van der Waals surface area contributed by atoms with Gasteiger partial charge in [0.2, 0.25) is 5.91 Å². The Hall–Kier alpha value is -1.57. The van der Waals surface area contributed by atoms with Crippen LogP contribution >= 0.6 is 11.8 Å². The molecule has 1 aromatic carbocycles. The topological polar surface area (TPSA) is 91.2 Å². The van der Waals surface area contributed by atoms with Crippen LogP contribution in [0, 0.1) is 40.4 Å². The molecule has 0 aromatic heterocycles. The van der Waals surface area contributed by atoms with Gasteiger partial charge >= 0.3 is 0 Å². The molecule has 1 amide bonds. The lowest BCUT2D eigenvalue weighted by atomic mass is 9.42. The predicted molar refractivity (Wildman–Crippen MR) is 140 cm³/mol. The van der Waals surface area contributed by atoms with E-state index in [1.54, 1.807) is 11.8 Å². The summed E-state index contributed by atoms with van der Waals surface area (Å²) in [5.74, 6) is 0.715. The molecule has 0 radical (unpaired) electrons. The lowest BCUT2D eigenvalue weighted by Crippen LogP contribution is -2.74. The zero-order chi connectivity index (χ0) is 25.5. The van der Waals surface area contributed by atoms with Crippen LogP contribution in [0.1, 0.15) is 59.8 Å². The molecule has 196 valence electrons. The van der Waals surface area contributed by atoms with Gasteiger partial charge in [0.1, 0.15) is 0 Å². The van der Waals surface area contributed by atoms with Crippen molar-refractivity contribution in [2.75, 3.05) is 6.54 Å². The van der Waals surface area contributed by atoms with Crippen LogP contribution in [0.4, 0.5) is 0 Å². The first kappa shape index (κ1) is 24.7. The van der Waals surface area contributed by atoms with E-state index in [4.69, 9.17) is 4.74 Å². The minimum atomic E-state index is -0.512. The van der Waals surface area contributed by atoms with E-state index in [9.17, 15) is 15.1 Å². The zero-order valence-corrected chi connectivity index (χ0v) is 22.6. The maximum atomic E-state index is 12.6. The summed E-state index contributed by atoms with van der Waals surface area (Å²) in [6, 6.07) is 10.4. The molecule has 3 aliphatic carbocycles. The second-order valence-corrected chi connectivity index (χ2v) is 14.2. The molecule has 10 unspecified atom stereocenters. The maximum Gasteiger partial charge on any atom is 0.223 e. The lowest BCUT2D eigenvalue weighted by molar-refractivity contribution is -0.318. The van der Waals surface area contributed by atoms with E-state index in [0.717, 1.165) is 36.3 Å². The summed E-state index contributed by atoms with van der Waals surface area (Å²) in [6.07, 6.45) is 3.71. The van der Waals surface area contributed by atoms with Crippen LogP contribution in [0.15, 0.2) is 40.4 Å². The smallest absolute Gasteiger partial charge is 0.223 e. The maximum absolute atomic E-state index is 12.6. The molecule has 36 heavy (non-hydrogen) atoms. The highest BCUT2D eigenvalue weighted by molar-refractivity contribution is 8.00. The second-order valence-electron chi connectivity index (χ2n) is 12.9. The molecule has 2 aliphatic heterocycles. The number of fused-ring (bicyclic) bond motifs is 3. The Morgan fingerprint density at radius 3 is 2.58 bits per heavy atom. The Morgan fingerprint density at radius 1 is 1.11 bits per heavy atom. The molecule has 10 atom stereocenters. The number of aliphatic hydroxyl groups is 1. The molecule has 2 heterocycles. The van der Waals surface area contributed by atoms with Gasteiger partial charge in [0, 0.05) is 34.6 Å². The number of benzene rings is 1. The van der Waals surface area contributed by atoms with E-state index in [0.29, 0.717) is 18.9 Å². The monoisotopic (exact) mass is 512 g/mol. The summed E-state index contributed by atoms with van der Waals surface area (Å²) in [4.78, 5) is 13.8. The van der Waals surface area contributed by atoms with Crippen molar-refractivity contribution in [2.45, 2.75) is 87.8 Å². The van der Waals surface area contributed by atoms with Crippen molar-refractivity contribution in [2.24, 2.45) is 45.6 Å². The van der Waals surface area contributed by atoms with Crippen LogP contribution in [0.25, 0.3) is 0 Å². The molecule has 2 saturated heterocycles. The molecular formula is C29H40N2O4S. The van der Waals surface area contributed by atoms with Gasteiger partial charge < -0.3 is 20.4 Å². The molecule has 3 N–H and O–H groups in total. The van der Waals surface area contributed by atoms with Crippen LogP contribution in [0.5, 0.6) is 0 Å². The molecule has 5 fully saturated rings. The van der Waals surface area contributed by atoms with Crippen molar-refractivity contribution < 1.29 is 19.8 Å². The van der Waals surface area contributed by atoms with Gasteiger partial charge in [0.15, 0.2) is 0 Å². The molecule has 5 aliphatic rings. The average molecular weight is 513 g/mol. The normalized spacial score (nSPS) is 48.4. The molecule has 7 heteroatoms. The first-order valence-electron chi connectivity index (χ1n) is 13.7. The highest BCUT2D eigenvalue weighted by Gasteiger charge is 2.71. The summed E-state index contributed by atoms with van der Waals surface area (Å²) < 4.78 is 7.49. The Kier molecular flexibility index (Phi) is 5.82. The number of oxime groups is 1. The van der Waals surface area contributed by atoms with E-state index in [1.807, 2.05) is 6.07 Å². The van der Waals surface area contributed by atoms with Gasteiger partial charge in [-0.3, -0.25) is 4.79 Å². The average Bonchev–Trinajstić information content (AvgIpc) is 3.20. The van der Waals surface area contributed by atoms with Gasteiger partial charge in [0.25, 0.3) is 0 Å². The number of amides is 1. The predicted octanol–water partition coefficient (Wildman–Crippen LogP) is 4.73. The highest BCUT2D eigenvalue weighted by atomic mass is 32.2. The zero-order valence-electron chi connectivity index (χ0n) is 21.8. The summed E-state index contributed by atoms with van der Waals surface area (Å²) in [5.41, 5.74) is -0.0176. The first-order valence-corrected chi connectivity index (χ1v) is 14.6. The summed E-state index contributed by atoms with van der Waals surface area (Å²) >= 11 is 1.77. The van der Waals surface area contributed by atoms with Crippen LogP contribution in [0.3, 0.4) is 0 Å². The van der Waals surface area contributed by atoms with E-state index in [1.165, 1.54) is 0 Å². The third-order valence-electron chi connectivity index (χ3n) is 11.2. The van der Waals surface area contributed by atoms with Crippen molar-refractivity contribution in [3.8, 4) is 0 Å². The minimum Gasteiger partial charge on any atom is -0.411 e. The number of rotatable bonds is 2. The van der Waals surface area contributed by atoms with Crippen molar-refractivity contribution in [1.82, 2.24) is 5.32 Å². The van der Waals surface area contributed by atoms with E-state index < -0.39 is 11.7 Å². The van der Waals surface area contributed by atoms with Gasteiger partial charge in [-0.05, 0) is 61.5 Å². The molecule has 1 aromatic rings. The number of hydrogen-bond donors (Lipinski definition) is 3. The van der Waals surface area contributed by atoms with Crippen LogP contribution in [-0.4, -0.2) is 51.5 Å². The summed E-state index contributed by atoms with van der Waals surface area (Å²) in [5, 5.41) is 28.6. The van der Waals surface area contributed by atoms with Gasteiger partial charge in [-0.15, -0.1) is 11.8 Å². The van der Waals surface area contributed by atoms with Crippen molar-refractivity contribution in [3.63, 3.8) is 0 Å². The van der Waals surface area contributed by atoms with Crippen molar-refractivity contribution >= 4 is 23.4 Å². The second kappa shape index (κ2) is 8.47. The number of ether oxygens (including phenoxy) is 1. The van der Waals surface area contributed by atoms with Crippen LogP contribution in [0.2, 0.25) is 0 Å². The largest absolute Gasteiger partial charge is 0.411 e.